The number of carbonyl (C=O) groups excluding carboxylic acids is 1. The van der Waals surface area contributed by atoms with Gasteiger partial charge in [0.25, 0.3) is 0 Å². The van der Waals surface area contributed by atoms with Crippen LogP contribution in [0.2, 0.25) is 0 Å². The average molecular weight is 333 g/mol. The van der Waals surface area contributed by atoms with Crippen molar-refractivity contribution in [2.24, 2.45) is 5.73 Å². The van der Waals surface area contributed by atoms with Crippen molar-refractivity contribution in [3.63, 3.8) is 0 Å². The molecule has 0 aromatic heterocycles. The number of rotatable bonds is 5. The van der Waals surface area contributed by atoms with E-state index in [1.54, 1.807) is 0 Å². The molecule has 104 valence electrons. The van der Waals surface area contributed by atoms with Crippen LogP contribution in [0.5, 0.6) is 0 Å². The summed E-state index contributed by atoms with van der Waals surface area (Å²) in [6, 6.07) is 17.1. The smallest absolute Gasteiger partial charge is 0.237 e. The maximum Gasteiger partial charge on any atom is 0.237 e. The lowest BCUT2D eigenvalue weighted by Crippen LogP contribution is -2.41. The molecule has 2 rings (SSSR count). The lowest BCUT2D eigenvalue weighted by molar-refractivity contribution is -0.122. The molecule has 0 radical (unpaired) electrons. The first-order valence-corrected chi connectivity index (χ1v) is 7.26. The van der Waals surface area contributed by atoms with Crippen molar-refractivity contribution in [3.05, 3.63) is 70.2 Å². The number of hydrogen-bond acceptors (Lipinski definition) is 2. The number of benzene rings is 2. The predicted molar refractivity (Wildman–Crippen MR) is 84.1 cm³/mol. The standard InChI is InChI=1S/C16H17BrN2O/c17-14-8-6-13(7-9-14)11-19-16(20)15(18)10-12-4-2-1-3-5-12/h1-9,15H,10-11,18H2,(H,19,20)/t15-/m0/s1. The van der Waals surface area contributed by atoms with E-state index in [9.17, 15) is 4.79 Å². The molecular formula is C16H17BrN2O. The van der Waals surface area contributed by atoms with Gasteiger partial charge in [0.15, 0.2) is 0 Å². The highest BCUT2D eigenvalue weighted by atomic mass is 79.9. The number of halogens is 1. The van der Waals surface area contributed by atoms with Gasteiger partial charge in [-0.3, -0.25) is 4.79 Å². The molecule has 0 aliphatic rings. The Morgan fingerprint density at radius 3 is 2.35 bits per heavy atom. The fraction of sp³-hybridized carbons (Fsp3) is 0.188. The van der Waals surface area contributed by atoms with E-state index in [0.29, 0.717) is 13.0 Å². The third kappa shape index (κ3) is 4.47. The first-order valence-electron chi connectivity index (χ1n) is 6.47. The maximum atomic E-state index is 11.9. The van der Waals surface area contributed by atoms with E-state index >= 15 is 0 Å². The quantitative estimate of drug-likeness (QED) is 0.884. The molecule has 3 N–H and O–H groups in total. The normalized spacial score (nSPS) is 11.9. The zero-order chi connectivity index (χ0) is 14.4. The third-order valence-electron chi connectivity index (χ3n) is 3.02. The van der Waals surface area contributed by atoms with Gasteiger partial charge in [-0.15, -0.1) is 0 Å². The fourth-order valence-corrected chi connectivity index (χ4v) is 2.15. The zero-order valence-electron chi connectivity index (χ0n) is 11.1. The van der Waals surface area contributed by atoms with Gasteiger partial charge in [0.2, 0.25) is 5.91 Å². The van der Waals surface area contributed by atoms with Gasteiger partial charge in [-0.1, -0.05) is 58.4 Å². The lowest BCUT2D eigenvalue weighted by Gasteiger charge is -2.12. The highest BCUT2D eigenvalue weighted by molar-refractivity contribution is 9.10. The summed E-state index contributed by atoms with van der Waals surface area (Å²) in [6.45, 7) is 0.495. The Labute approximate surface area is 127 Å². The van der Waals surface area contributed by atoms with Gasteiger partial charge >= 0.3 is 0 Å². The van der Waals surface area contributed by atoms with Gasteiger partial charge in [0.1, 0.15) is 0 Å². The van der Waals surface area contributed by atoms with Crippen LogP contribution in [-0.4, -0.2) is 11.9 Å². The maximum absolute atomic E-state index is 11.9. The molecule has 0 saturated carbocycles. The Morgan fingerprint density at radius 1 is 1.05 bits per heavy atom. The van der Waals surface area contributed by atoms with E-state index < -0.39 is 6.04 Å². The molecule has 0 fully saturated rings. The topological polar surface area (TPSA) is 55.1 Å². The monoisotopic (exact) mass is 332 g/mol. The lowest BCUT2D eigenvalue weighted by atomic mass is 10.1. The molecule has 0 spiro atoms. The van der Waals surface area contributed by atoms with Crippen molar-refractivity contribution < 1.29 is 4.79 Å². The summed E-state index contributed by atoms with van der Waals surface area (Å²) in [7, 11) is 0. The Morgan fingerprint density at radius 2 is 1.70 bits per heavy atom. The molecule has 1 atom stereocenters. The van der Waals surface area contributed by atoms with Crippen molar-refractivity contribution >= 4 is 21.8 Å². The van der Waals surface area contributed by atoms with Gasteiger partial charge in [-0.2, -0.15) is 0 Å². The summed E-state index contributed by atoms with van der Waals surface area (Å²) in [5.74, 6) is -0.128. The van der Waals surface area contributed by atoms with Crippen LogP contribution in [0.3, 0.4) is 0 Å². The Bertz CT molecular complexity index is 554. The molecule has 0 heterocycles. The van der Waals surface area contributed by atoms with Crippen LogP contribution in [0.25, 0.3) is 0 Å². The molecule has 4 heteroatoms. The molecule has 2 aromatic carbocycles. The summed E-state index contributed by atoms with van der Waals surface area (Å²) in [4.78, 5) is 11.9. The summed E-state index contributed by atoms with van der Waals surface area (Å²) in [5.41, 5.74) is 8.04. The zero-order valence-corrected chi connectivity index (χ0v) is 12.6. The summed E-state index contributed by atoms with van der Waals surface area (Å²) in [6.07, 6.45) is 0.549. The highest BCUT2D eigenvalue weighted by Crippen LogP contribution is 2.10. The van der Waals surface area contributed by atoms with Crippen LogP contribution in [-0.2, 0) is 17.8 Å². The van der Waals surface area contributed by atoms with E-state index in [1.165, 1.54) is 0 Å². The number of amides is 1. The van der Waals surface area contributed by atoms with Crippen LogP contribution in [0.4, 0.5) is 0 Å². The second kappa shape index (κ2) is 7.22. The summed E-state index contributed by atoms with van der Waals surface area (Å²) in [5, 5.41) is 2.86. The minimum atomic E-state index is -0.521. The molecular weight excluding hydrogens is 316 g/mol. The highest BCUT2D eigenvalue weighted by Gasteiger charge is 2.13. The molecule has 0 saturated heterocycles. The van der Waals surface area contributed by atoms with Gasteiger partial charge in [-0.25, -0.2) is 0 Å². The predicted octanol–water partition coefficient (Wildman–Crippen LogP) is 2.64. The van der Waals surface area contributed by atoms with Crippen LogP contribution in [0.1, 0.15) is 11.1 Å². The van der Waals surface area contributed by atoms with Crippen LogP contribution in [0, 0.1) is 0 Å². The number of nitrogens with two attached hydrogens (primary N) is 1. The van der Waals surface area contributed by atoms with E-state index in [1.807, 2.05) is 54.6 Å². The molecule has 0 unspecified atom stereocenters. The molecule has 3 nitrogen and oxygen atoms in total. The van der Waals surface area contributed by atoms with Crippen molar-refractivity contribution in [2.45, 2.75) is 19.0 Å². The van der Waals surface area contributed by atoms with Gasteiger partial charge < -0.3 is 11.1 Å². The minimum Gasteiger partial charge on any atom is -0.351 e. The average Bonchev–Trinajstić information content (AvgIpc) is 2.47. The van der Waals surface area contributed by atoms with E-state index in [0.717, 1.165) is 15.6 Å². The van der Waals surface area contributed by atoms with E-state index in [-0.39, 0.29) is 5.91 Å². The van der Waals surface area contributed by atoms with Gasteiger partial charge in [-0.05, 0) is 29.7 Å². The third-order valence-corrected chi connectivity index (χ3v) is 3.54. The SMILES string of the molecule is N[C@@H](Cc1ccccc1)C(=O)NCc1ccc(Br)cc1. The molecule has 20 heavy (non-hydrogen) atoms. The minimum absolute atomic E-state index is 0.128. The Balaban J connectivity index is 1.83. The largest absolute Gasteiger partial charge is 0.351 e. The number of hydrogen-bond donors (Lipinski definition) is 2. The van der Waals surface area contributed by atoms with Crippen LogP contribution in [0.15, 0.2) is 59.1 Å². The molecule has 2 aromatic rings. The van der Waals surface area contributed by atoms with E-state index in [4.69, 9.17) is 5.73 Å². The first-order chi connectivity index (χ1) is 9.65. The van der Waals surface area contributed by atoms with Crippen molar-refractivity contribution in [1.82, 2.24) is 5.32 Å². The van der Waals surface area contributed by atoms with Crippen LogP contribution < -0.4 is 11.1 Å². The summed E-state index contributed by atoms with van der Waals surface area (Å²) >= 11 is 3.38. The Kier molecular flexibility index (Phi) is 5.32. The second-order valence-corrected chi connectivity index (χ2v) is 5.56. The Hall–Kier alpha value is -1.65. The molecule has 0 aliphatic heterocycles. The molecule has 1 amide bonds. The first kappa shape index (κ1) is 14.8. The molecule has 0 aliphatic carbocycles. The molecule has 0 bridgehead atoms. The van der Waals surface area contributed by atoms with Crippen LogP contribution >= 0.6 is 15.9 Å². The fourth-order valence-electron chi connectivity index (χ4n) is 1.88. The van der Waals surface area contributed by atoms with Crippen molar-refractivity contribution in [1.29, 1.82) is 0 Å². The number of nitrogens with one attached hydrogen (secondary N) is 1. The van der Waals surface area contributed by atoms with E-state index in [2.05, 4.69) is 21.2 Å². The summed E-state index contributed by atoms with van der Waals surface area (Å²) < 4.78 is 1.02. The second-order valence-electron chi connectivity index (χ2n) is 4.64. The van der Waals surface area contributed by atoms with Crippen molar-refractivity contribution in [3.8, 4) is 0 Å². The van der Waals surface area contributed by atoms with Gasteiger partial charge in [0.05, 0.1) is 6.04 Å². The number of carbonyl (C=O) groups is 1. The van der Waals surface area contributed by atoms with Gasteiger partial charge in [0, 0.05) is 11.0 Å². The van der Waals surface area contributed by atoms with Crippen molar-refractivity contribution in [2.75, 3.05) is 0 Å².